The summed E-state index contributed by atoms with van der Waals surface area (Å²) in [5.41, 5.74) is 0.466. The van der Waals surface area contributed by atoms with E-state index in [1.165, 1.54) is 25.0 Å². The zero-order valence-electron chi connectivity index (χ0n) is 9.27. The number of hydrogen-bond acceptors (Lipinski definition) is 5. The van der Waals surface area contributed by atoms with Crippen molar-refractivity contribution < 1.29 is 9.53 Å². The third-order valence-corrected chi connectivity index (χ3v) is 4.95. The van der Waals surface area contributed by atoms with Crippen LogP contribution < -0.4 is 0 Å². The number of carbonyl (C=O) groups excluding carboxylic acids is 1. The van der Waals surface area contributed by atoms with Crippen molar-refractivity contribution in [3.63, 3.8) is 0 Å². The molecule has 0 aromatic carbocycles. The SMILES string of the molecule is CCOC(=O)c1csc(C2CCCCS2)n1. The van der Waals surface area contributed by atoms with Crippen LogP contribution in [0, 0.1) is 0 Å². The van der Waals surface area contributed by atoms with Crippen molar-refractivity contribution in [2.75, 3.05) is 12.4 Å². The molecule has 0 bridgehead atoms. The van der Waals surface area contributed by atoms with E-state index in [2.05, 4.69) is 4.98 Å². The maximum atomic E-state index is 11.5. The van der Waals surface area contributed by atoms with Crippen LogP contribution in [-0.4, -0.2) is 23.3 Å². The van der Waals surface area contributed by atoms with Crippen molar-refractivity contribution in [2.24, 2.45) is 0 Å². The van der Waals surface area contributed by atoms with Crippen LogP contribution in [0.3, 0.4) is 0 Å². The van der Waals surface area contributed by atoms with E-state index in [0.717, 1.165) is 5.01 Å². The van der Waals surface area contributed by atoms with E-state index >= 15 is 0 Å². The predicted octanol–water partition coefficient (Wildman–Crippen LogP) is 3.28. The monoisotopic (exact) mass is 257 g/mol. The molecule has 1 aromatic rings. The smallest absolute Gasteiger partial charge is 0.357 e. The van der Waals surface area contributed by atoms with Crippen LogP contribution >= 0.6 is 23.1 Å². The highest BCUT2D eigenvalue weighted by Crippen LogP contribution is 2.39. The summed E-state index contributed by atoms with van der Waals surface area (Å²) in [5.74, 6) is 0.907. The fourth-order valence-electron chi connectivity index (χ4n) is 1.67. The third kappa shape index (κ3) is 2.77. The second kappa shape index (κ2) is 5.68. The van der Waals surface area contributed by atoms with Gasteiger partial charge in [-0.3, -0.25) is 0 Å². The third-order valence-electron chi connectivity index (χ3n) is 2.46. The van der Waals surface area contributed by atoms with Crippen molar-refractivity contribution >= 4 is 29.1 Å². The molecular weight excluding hydrogens is 242 g/mol. The minimum Gasteiger partial charge on any atom is -0.461 e. The quantitative estimate of drug-likeness (QED) is 0.779. The molecule has 1 saturated heterocycles. The minimum absolute atomic E-state index is 0.300. The van der Waals surface area contributed by atoms with E-state index in [9.17, 15) is 4.79 Å². The van der Waals surface area contributed by atoms with E-state index in [1.807, 2.05) is 24.1 Å². The van der Waals surface area contributed by atoms with Crippen LogP contribution in [0.5, 0.6) is 0 Å². The van der Waals surface area contributed by atoms with Crippen LogP contribution in [0.25, 0.3) is 0 Å². The summed E-state index contributed by atoms with van der Waals surface area (Å²) in [5, 5.41) is 3.37. The Hall–Kier alpha value is -0.550. The zero-order chi connectivity index (χ0) is 11.4. The summed E-state index contributed by atoms with van der Waals surface area (Å²) in [6, 6.07) is 0. The van der Waals surface area contributed by atoms with Gasteiger partial charge in [-0.1, -0.05) is 6.42 Å². The molecule has 1 aliphatic rings. The van der Waals surface area contributed by atoms with Crippen LogP contribution in [-0.2, 0) is 4.74 Å². The second-order valence-corrected chi connectivity index (χ2v) is 5.85. The predicted molar refractivity (Wildman–Crippen MR) is 67.1 cm³/mol. The largest absolute Gasteiger partial charge is 0.461 e. The lowest BCUT2D eigenvalue weighted by Crippen LogP contribution is -2.06. The number of ether oxygens (including phenoxy) is 1. The molecule has 0 spiro atoms. The molecule has 1 aliphatic heterocycles. The number of aromatic nitrogens is 1. The molecule has 1 atom stereocenters. The number of hydrogen-bond donors (Lipinski definition) is 0. The summed E-state index contributed by atoms with van der Waals surface area (Å²) >= 11 is 3.53. The molecule has 0 amide bonds. The first-order valence-corrected chi connectivity index (χ1v) is 7.48. The Kier molecular flexibility index (Phi) is 4.23. The van der Waals surface area contributed by atoms with Crippen molar-refractivity contribution in [3.05, 3.63) is 16.1 Å². The molecular formula is C11H15NO2S2. The van der Waals surface area contributed by atoms with E-state index < -0.39 is 0 Å². The van der Waals surface area contributed by atoms with Gasteiger partial charge in [0.25, 0.3) is 0 Å². The first-order chi connectivity index (χ1) is 7.81. The minimum atomic E-state index is -0.300. The Labute approximate surface area is 104 Å². The van der Waals surface area contributed by atoms with Gasteiger partial charge < -0.3 is 4.74 Å². The van der Waals surface area contributed by atoms with Crippen LogP contribution in [0.15, 0.2) is 5.38 Å². The first-order valence-electron chi connectivity index (χ1n) is 5.55. The van der Waals surface area contributed by atoms with Crippen molar-refractivity contribution in [1.82, 2.24) is 4.98 Å². The van der Waals surface area contributed by atoms with Gasteiger partial charge in [0.15, 0.2) is 5.69 Å². The molecule has 3 nitrogen and oxygen atoms in total. The Balaban J connectivity index is 2.03. The van der Waals surface area contributed by atoms with Gasteiger partial charge in [0.1, 0.15) is 5.01 Å². The molecule has 1 fully saturated rings. The first kappa shape index (κ1) is 11.9. The van der Waals surface area contributed by atoms with Gasteiger partial charge >= 0.3 is 5.97 Å². The molecule has 1 aromatic heterocycles. The van der Waals surface area contributed by atoms with Gasteiger partial charge in [0.2, 0.25) is 0 Å². The van der Waals surface area contributed by atoms with E-state index in [1.54, 1.807) is 11.3 Å². The van der Waals surface area contributed by atoms with Gasteiger partial charge in [-0.15, -0.1) is 11.3 Å². The number of nitrogens with zero attached hydrogens (tertiary/aromatic N) is 1. The molecule has 2 heterocycles. The highest BCUT2D eigenvalue weighted by molar-refractivity contribution is 7.99. The van der Waals surface area contributed by atoms with Gasteiger partial charge in [-0.2, -0.15) is 11.8 Å². The summed E-state index contributed by atoms with van der Waals surface area (Å²) in [6.07, 6.45) is 3.75. The lowest BCUT2D eigenvalue weighted by Gasteiger charge is -2.18. The molecule has 0 radical (unpaired) electrons. The summed E-state index contributed by atoms with van der Waals surface area (Å²) in [6.45, 7) is 2.21. The number of esters is 1. The Bertz CT molecular complexity index is 359. The maximum absolute atomic E-state index is 11.5. The molecule has 88 valence electrons. The van der Waals surface area contributed by atoms with Gasteiger partial charge in [0, 0.05) is 5.38 Å². The fraction of sp³-hybridized carbons (Fsp3) is 0.636. The molecule has 0 N–H and O–H groups in total. The van der Waals surface area contributed by atoms with Crippen LogP contribution in [0.2, 0.25) is 0 Å². The number of carbonyl (C=O) groups is 1. The topological polar surface area (TPSA) is 39.2 Å². The lowest BCUT2D eigenvalue weighted by atomic mass is 10.2. The van der Waals surface area contributed by atoms with Gasteiger partial charge in [-0.05, 0) is 25.5 Å². The zero-order valence-corrected chi connectivity index (χ0v) is 10.9. The summed E-state index contributed by atoms with van der Waals surface area (Å²) in [4.78, 5) is 15.8. The molecule has 0 aliphatic carbocycles. The highest BCUT2D eigenvalue weighted by atomic mass is 32.2. The van der Waals surface area contributed by atoms with Crippen molar-refractivity contribution in [2.45, 2.75) is 31.4 Å². The number of rotatable bonds is 3. The number of thiazole rings is 1. The normalized spacial score (nSPS) is 20.7. The standard InChI is InChI=1S/C11H15NO2S2/c1-2-14-11(13)8-7-16-10(12-8)9-5-3-4-6-15-9/h7,9H,2-6H2,1H3. The number of thioether (sulfide) groups is 1. The second-order valence-electron chi connectivity index (χ2n) is 3.65. The lowest BCUT2D eigenvalue weighted by molar-refractivity contribution is 0.0520. The molecule has 1 unspecified atom stereocenters. The molecule has 16 heavy (non-hydrogen) atoms. The Morgan fingerprint density at radius 1 is 1.62 bits per heavy atom. The van der Waals surface area contributed by atoms with E-state index in [4.69, 9.17) is 4.74 Å². The maximum Gasteiger partial charge on any atom is 0.357 e. The van der Waals surface area contributed by atoms with Crippen molar-refractivity contribution in [1.29, 1.82) is 0 Å². The van der Waals surface area contributed by atoms with E-state index in [0.29, 0.717) is 17.6 Å². The van der Waals surface area contributed by atoms with Crippen LogP contribution in [0.1, 0.15) is 46.9 Å². The highest BCUT2D eigenvalue weighted by Gasteiger charge is 2.21. The van der Waals surface area contributed by atoms with Crippen LogP contribution in [0.4, 0.5) is 0 Å². The van der Waals surface area contributed by atoms with Gasteiger partial charge in [-0.25, -0.2) is 9.78 Å². The molecule has 0 saturated carbocycles. The molecule has 2 rings (SSSR count). The summed E-state index contributed by atoms with van der Waals surface area (Å²) in [7, 11) is 0. The fourth-order valence-corrected chi connectivity index (χ4v) is 4.03. The van der Waals surface area contributed by atoms with Gasteiger partial charge in [0.05, 0.1) is 11.9 Å². The Morgan fingerprint density at radius 3 is 3.19 bits per heavy atom. The molecule has 5 heteroatoms. The Morgan fingerprint density at radius 2 is 2.50 bits per heavy atom. The average Bonchev–Trinajstić information content (AvgIpc) is 2.80. The average molecular weight is 257 g/mol. The van der Waals surface area contributed by atoms with E-state index in [-0.39, 0.29) is 5.97 Å². The van der Waals surface area contributed by atoms with Crippen molar-refractivity contribution in [3.8, 4) is 0 Å². The summed E-state index contributed by atoms with van der Waals surface area (Å²) < 4.78 is 4.93.